The van der Waals surface area contributed by atoms with Gasteiger partial charge in [-0.05, 0) is 42.0 Å². The van der Waals surface area contributed by atoms with E-state index in [9.17, 15) is 4.79 Å². The summed E-state index contributed by atoms with van der Waals surface area (Å²) < 4.78 is 0. The standard InChI is InChI=1S/C20H16N4O2/c25-20(26)16-11-9-15(10-12-16)14-22-24-19(18-8-4-5-13-21-18)23-17-6-2-1-3-7-17/h1-14H,(H,23,24)(H,25,26)/b22-14-. The van der Waals surface area contributed by atoms with Crippen LogP contribution < -0.4 is 5.43 Å². The van der Waals surface area contributed by atoms with Crippen LogP contribution in [0.3, 0.4) is 0 Å². The minimum atomic E-state index is -0.959. The third-order valence-corrected chi connectivity index (χ3v) is 3.45. The number of hydrogen-bond donors (Lipinski definition) is 2. The molecule has 1 aromatic heterocycles. The molecule has 0 unspecified atom stereocenters. The van der Waals surface area contributed by atoms with Crippen molar-refractivity contribution in [2.45, 2.75) is 0 Å². The largest absolute Gasteiger partial charge is 0.478 e. The summed E-state index contributed by atoms with van der Waals surface area (Å²) in [6.07, 6.45) is 3.28. The summed E-state index contributed by atoms with van der Waals surface area (Å²) >= 11 is 0. The van der Waals surface area contributed by atoms with Crippen LogP contribution in [-0.4, -0.2) is 28.1 Å². The Morgan fingerprint density at radius 2 is 1.69 bits per heavy atom. The lowest BCUT2D eigenvalue weighted by Crippen LogP contribution is -2.20. The number of para-hydroxylation sites is 1. The third kappa shape index (κ3) is 4.61. The second-order valence-corrected chi connectivity index (χ2v) is 5.31. The summed E-state index contributed by atoms with van der Waals surface area (Å²) in [6.45, 7) is 0. The highest BCUT2D eigenvalue weighted by Gasteiger charge is 2.04. The Hall–Kier alpha value is -3.80. The first kappa shape index (κ1) is 17.0. The molecule has 2 N–H and O–H groups in total. The normalized spacial score (nSPS) is 11.5. The molecule has 0 aliphatic carbocycles. The number of rotatable bonds is 5. The van der Waals surface area contributed by atoms with E-state index in [4.69, 9.17) is 5.11 Å². The van der Waals surface area contributed by atoms with Gasteiger partial charge in [-0.15, -0.1) is 0 Å². The van der Waals surface area contributed by atoms with Gasteiger partial charge in [0, 0.05) is 6.20 Å². The van der Waals surface area contributed by atoms with Crippen LogP contribution in [0.25, 0.3) is 0 Å². The van der Waals surface area contributed by atoms with Crippen molar-refractivity contribution in [2.75, 3.05) is 0 Å². The molecule has 0 amide bonds. The molecule has 0 radical (unpaired) electrons. The highest BCUT2D eigenvalue weighted by molar-refractivity contribution is 5.99. The average Bonchev–Trinajstić information content (AvgIpc) is 2.69. The highest BCUT2D eigenvalue weighted by atomic mass is 16.4. The smallest absolute Gasteiger partial charge is 0.335 e. The van der Waals surface area contributed by atoms with Gasteiger partial charge >= 0.3 is 5.97 Å². The molecule has 0 bridgehead atoms. The Morgan fingerprint density at radius 3 is 2.35 bits per heavy atom. The molecule has 0 aliphatic heterocycles. The van der Waals surface area contributed by atoms with E-state index in [0.29, 0.717) is 11.5 Å². The number of aromatic nitrogens is 1. The monoisotopic (exact) mass is 344 g/mol. The summed E-state index contributed by atoms with van der Waals surface area (Å²) in [5.74, 6) is -0.450. The minimum absolute atomic E-state index is 0.231. The quantitative estimate of drug-likeness (QED) is 0.421. The Kier molecular flexibility index (Phi) is 5.47. The molecule has 6 nitrogen and oxygen atoms in total. The van der Waals surface area contributed by atoms with Gasteiger partial charge in [0.15, 0.2) is 5.84 Å². The van der Waals surface area contributed by atoms with Gasteiger partial charge in [0.1, 0.15) is 5.69 Å². The molecule has 0 spiro atoms. The van der Waals surface area contributed by atoms with Crippen LogP contribution in [0.1, 0.15) is 21.6 Å². The fourth-order valence-corrected chi connectivity index (χ4v) is 2.15. The van der Waals surface area contributed by atoms with Crippen molar-refractivity contribution < 1.29 is 9.90 Å². The summed E-state index contributed by atoms with van der Waals surface area (Å²) in [6, 6.07) is 21.5. The fourth-order valence-electron chi connectivity index (χ4n) is 2.15. The highest BCUT2D eigenvalue weighted by Crippen LogP contribution is 2.11. The lowest BCUT2D eigenvalue weighted by Gasteiger charge is -2.05. The Labute approximate surface area is 150 Å². The molecule has 3 aromatic rings. The Morgan fingerprint density at radius 1 is 0.962 bits per heavy atom. The van der Waals surface area contributed by atoms with Gasteiger partial charge < -0.3 is 5.11 Å². The number of aliphatic imine (C=N–C) groups is 1. The van der Waals surface area contributed by atoms with Gasteiger partial charge in [0.25, 0.3) is 0 Å². The number of carboxylic acid groups (broad SMARTS) is 1. The molecule has 1 heterocycles. The maximum Gasteiger partial charge on any atom is 0.335 e. The number of hydrazone groups is 1. The van der Waals surface area contributed by atoms with E-state index in [1.807, 2.05) is 48.5 Å². The first-order valence-electron chi connectivity index (χ1n) is 7.90. The SMILES string of the molecule is O=C(O)c1ccc(/C=N\NC(=Nc2ccccc2)c2ccccn2)cc1. The fraction of sp³-hybridized carbons (Fsp3) is 0. The van der Waals surface area contributed by atoms with E-state index in [0.717, 1.165) is 11.3 Å². The molecule has 0 saturated carbocycles. The summed E-state index contributed by atoms with van der Waals surface area (Å²) in [5.41, 5.74) is 5.35. The lowest BCUT2D eigenvalue weighted by molar-refractivity contribution is 0.0697. The molecular formula is C20H16N4O2. The number of aromatic carboxylic acids is 1. The van der Waals surface area contributed by atoms with Crippen LogP contribution >= 0.6 is 0 Å². The van der Waals surface area contributed by atoms with Crippen LogP contribution in [0.2, 0.25) is 0 Å². The zero-order valence-electron chi connectivity index (χ0n) is 13.8. The first-order valence-corrected chi connectivity index (χ1v) is 7.90. The lowest BCUT2D eigenvalue weighted by atomic mass is 10.1. The maximum atomic E-state index is 10.9. The van der Waals surface area contributed by atoms with Crippen molar-refractivity contribution in [3.05, 3.63) is 95.8 Å². The molecule has 0 aliphatic rings. The molecule has 2 aromatic carbocycles. The number of pyridine rings is 1. The molecule has 0 saturated heterocycles. The molecule has 3 rings (SSSR count). The van der Waals surface area contributed by atoms with Crippen LogP contribution in [0.15, 0.2) is 89.1 Å². The number of nitrogens with zero attached hydrogens (tertiary/aromatic N) is 3. The molecule has 26 heavy (non-hydrogen) atoms. The van der Waals surface area contributed by atoms with Gasteiger partial charge in [-0.3, -0.25) is 10.4 Å². The Bertz CT molecular complexity index is 921. The van der Waals surface area contributed by atoms with E-state index in [1.54, 1.807) is 24.5 Å². The summed E-state index contributed by atoms with van der Waals surface area (Å²) in [5, 5.41) is 13.1. The van der Waals surface area contributed by atoms with E-state index in [1.165, 1.54) is 12.1 Å². The number of nitrogens with one attached hydrogen (secondary N) is 1. The van der Waals surface area contributed by atoms with Crippen LogP contribution in [0.4, 0.5) is 5.69 Å². The van der Waals surface area contributed by atoms with Gasteiger partial charge in [0.05, 0.1) is 17.5 Å². The predicted octanol–water partition coefficient (Wildman–Crippen LogP) is 3.48. The van der Waals surface area contributed by atoms with Gasteiger partial charge in [-0.25, -0.2) is 9.79 Å². The third-order valence-electron chi connectivity index (χ3n) is 3.45. The predicted molar refractivity (Wildman–Crippen MR) is 101 cm³/mol. The molecule has 128 valence electrons. The number of carboxylic acids is 1. The number of carbonyl (C=O) groups is 1. The average molecular weight is 344 g/mol. The van der Waals surface area contributed by atoms with Crippen molar-refractivity contribution in [1.82, 2.24) is 10.4 Å². The number of benzene rings is 2. The van der Waals surface area contributed by atoms with Gasteiger partial charge in [0.2, 0.25) is 0 Å². The van der Waals surface area contributed by atoms with Crippen molar-refractivity contribution >= 4 is 23.7 Å². The zero-order valence-corrected chi connectivity index (χ0v) is 13.8. The van der Waals surface area contributed by atoms with Crippen molar-refractivity contribution in [1.29, 1.82) is 0 Å². The second kappa shape index (κ2) is 8.34. The zero-order chi connectivity index (χ0) is 18.2. The van der Waals surface area contributed by atoms with Crippen LogP contribution in [0.5, 0.6) is 0 Å². The summed E-state index contributed by atoms with van der Waals surface area (Å²) in [7, 11) is 0. The molecular weight excluding hydrogens is 328 g/mol. The van der Waals surface area contributed by atoms with Crippen LogP contribution in [0, 0.1) is 0 Å². The van der Waals surface area contributed by atoms with Crippen molar-refractivity contribution in [3.8, 4) is 0 Å². The Balaban J connectivity index is 1.80. The molecule has 0 atom stereocenters. The van der Waals surface area contributed by atoms with Gasteiger partial charge in [-0.2, -0.15) is 5.10 Å². The number of hydrogen-bond acceptors (Lipinski definition) is 4. The van der Waals surface area contributed by atoms with Crippen molar-refractivity contribution in [2.24, 2.45) is 10.1 Å². The van der Waals surface area contributed by atoms with Crippen LogP contribution in [-0.2, 0) is 0 Å². The molecule has 0 fully saturated rings. The first-order chi connectivity index (χ1) is 12.7. The maximum absolute atomic E-state index is 10.9. The van der Waals surface area contributed by atoms with E-state index in [2.05, 4.69) is 20.5 Å². The van der Waals surface area contributed by atoms with E-state index >= 15 is 0 Å². The van der Waals surface area contributed by atoms with Crippen molar-refractivity contribution in [3.63, 3.8) is 0 Å². The molecule has 6 heteroatoms. The topological polar surface area (TPSA) is 86.9 Å². The van der Waals surface area contributed by atoms with Gasteiger partial charge in [-0.1, -0.05) is 36.4 Å². The number of amidine groups is 1. The van der Waals surface area contributed by atoms with E-state index in [-0.39, 0.29) is 5.56 Å². The summed E-state index contributed by atoms with van der Waals surface area (Å²) in [4.78, 5) is 19.7. The minimum Gasteiger partial charge on any atom is -0.478 e. The van der Waals surface area contributed by atoms with E-state index < -0.39 is 5.97 Å². The second-order valence-electron chi connectivity index (χ2n) is 5.31.